The molecule has 0 saturated carbocycles. The summed E-state index contributed by atoms with van der Waals surface area (Å²) < 4.78 is 39.6. The molecular weight excluding hydrogens is 623 g/mol. The van der Waals surface area contributed by atoms with Gasteiger partial charge in [-0.05, 0) is 76.0 Å². The summed E-state index contributed by atoms with van der Waals surface area (Å²) in [5.41, 5.74) is 2.65. The Morgan fingerprint density at radius 1 is 0.974 bits per heavy atom. The van der Waals surface area contributed by atoms with Gasteiger partial charge in [-0.2, -0.15) is 4.72 Å². The molecule has 4 rings (SSSR count). The van der Waals surface area contributed by atoms with Gasteiger partial charge in [0.25, 0.3) is 5.91 Å². The van der Waals surface area contributed by atoms with E-state index >= 15 is 0 Å². The zero-order valence-electron chi connectivity index (χ0n) is 20.7. The molecule has 0 aliphatic heterocycles. The first-order valence-corrected chi connectivity index (χ1v) is 14.1. The van der Waals surface area contributed by atoms with Crippen LogP contribution in [0.2, 0.25) is 0 Å². The van der Waals surface area contributed by atoms with E-state index in [1.165, 1.54) is 12.1 Å². The van der Waals surface area contributed by atoms with Gasteiger partial charge in [0.1, 0.15) is 17.4 Å². The zero-order chi connectivity index (χ0) is 27.6. The summed E-state index contributed by atoms with van der Waals surface area (Å²) in [6.45, 7) is 3.26. The Morgan fingerprint density at radius 3 is 2.13 bits per heavy atom. The fourth-order valence-electron chi connectivity index (χ4n) is 3.85. The Morgan fingerprint density at radius 2 is 1.58 bits per heavy atom. The summed E-state index contributed by atoms with van der Waals surface area (Å²) in [7, 11) is -2.44. The van der Waals surface area contributed by atoms with Gasteiger partial charge in [0.2, 0.25) is 10.0 Å². The molecule has 0 bridgehead atoms. The minimum atomic E-state index is -4.01. The first-order valence-electron chi connectivity index (χ1n) is 11.5. The standard InChI is InChI=1S/C27H25IN2O7S/c1-15(2)24(27(32)33)30-38(34,35)19-10-6-17(7-11-19)16-4-8-18(9-5-16)29-26(31)23-14-20-22(37-23)13-12-21(28)25(20)36-3/h4-15,24,30H,1-3H3,(H,29,31)(H,32,33)/t24-/m0/s1. The van der Waals surface area contributed by atoms with E-state index in [-0.39, 0.29) is 10.7 Å². The molecule has 1 atom stereocenters. The van der Waals surface area contributed by atoms with Gasteiger partial charge in [0, 0.05) is 11.8 Å². The van der Waals surface area contributed by atoms with E-state index in [1.54, 1.807) is 69.5 Å². The molecule has 0 spiro atoms. The lowest BCUT2D eigenvalue weighted by Gasteiger charge is -2.18. The average molecular weight is 648 g/mol. The molecule has 9 nitrogen and oxygen atoms in total. The van der Waals surface area contributed by atoms with E-state index in [0.717, 1.165) is 14.7 Å². The van der Waals surface area contributed by atoms with Crippen LogP contribution < -0.4 is 14.8 Å². The van der Waals surface area contributed by atoms with Crippen LogP contribution in [0.15, 0.2) is 76.0 Å². The number of carbonyl (C=O) groups is 2. The van der Waals surface area contributed by atoms with Gasteiger partial charge in [0.15, 0.2) is 5.76 Å². The number of sulfonamides is 1. The van der Waals surface area contributed by atoms with Crippen molar-refractivity contribution in [2.75, 3.05) is 12.4 Å². The molecule has 3 aromatic carbocycles. The van der Waals surface area contributed by atoms with Crippen molar-refractivity contribution in [3.05, 3.63) is 76.1 Å². The van der Waals surface area contributed by atoms with Crippen LogP contribution in [0.25, 0.3) is 22.1 Å². The molecule has 1 aromatic heterocycles. The molecule has 1 amide bonds. The van der Waals surface area contributed by atoms with Gasteiger partial charge in [-0.15, -0.1) is 0 Å². The van der Waals surface area contributed by atoms with Crippen molar-refractivity contribution in [2.45, 2.75) is 24.8 Å². The van der Waals surface area contributed by atoms with Crippen LogP contribution in [0.4, 0.5) is 5.69 Å². The fraction of sp³-hybridized carbons (Fsp3) is 0.185. The van der Waals surface area contributed by atoms with Crippen molar-refractivity contribution in [3.8, 4) is 16.9 Å². The van der Waals surface area contributed by atoms with E-state index < -0.39 is 33.9 Å². The SMILES string of the molecule is COc1c(I)ccc2oc(C(=O)Nc3ccc(-c4ccc(S(=O)(=O)N[C@H](C(=O)O)C(C)C)cc4)cc3)cc12. The molecule has 0 fully saturated rings. The number of fused-ring (bicyclic) bond motifs is 1. The Balaban J connectivity index is 1.47. The number of methoxy groups -OCH3 is 1. The molecule has 0 radical (unpaired) electrons. The lowest BCUT2D eigenvalue weighted by molar-refractivity contribution is -0.140. The topological polar surface area (TPSA) is 135 Å². The number of nitrogens with one attached hydrogen (secondary N) is 2. The van der Waals surface area contributed by atoms with Gasteiger partial charge in [-0.3, -0.25) is 9.59 Å². The van der Waals surface area contributed by atoms with E-state index in [4.69, 9.17) is 9.15 Å². The molecule has 198 valence electrons. The highest BCUT2D eigenvalue weighted by atomic mass is 127. The summed E-state index contributed by atoms with van der Waals surface area (Å²) >= 11 is 2.15. The van der Waals surface area contributed by atoms with E-state index in [9.17, 15) is 23.1 Å². The number of carboxylic acids is 1. The summed E-state index contributed by atoms with van der Waals surface area (Å²) in [4.78, 5) is 24.1. The first kappa shape index (κ1) is 27.6. The summed E-state index contributed by atoms with van der Waals surface area (Å²) in [6, 6.07) is 17.2. The predicted molar refractivity (Wildman–Crippen MR) is 152 cm³/mol. The highest BCUT2D eigenvalue weighted by molar-refractivity contribution is 14.1. The van der Waals surface area contributed by atoms with Gasteiger partial charge in [0.05, 0.1) is 21.0 Å². The monoisotopic (exact) mass is 648 g/mol. The van der Waals surface area contributed by atoms with Gasteiger partial charge in [-0.1, -0.05) is 38.1 Å². The van der Waals surface area contributed by atoms with E-state index in [2.05, 4.69) is 32.6 Å². The molecule has 4 aromatic rings. The predicted octanol–water partition coefficient (Wildman–Crippen LogP) is 5.35. The number of ether oxygens (including phenoxy) is 1. The largest absolute Gasteiger partial charge is 0.495 e. The second kappa shape index (κ2) is 11.1. The number of amides is 1. The quantitative estimate of drug-likeness (QED) is 0.208. The van der Waals surface area contributed by atoms with E-state index in [0.29, 0.717) is 22.4 Å². The summed E-state index contributed by atoms with van der Waals surface area (Å²) in [5.74, 6) is -1.26. The van der Waals surface area contributed by atoms with Gasteiger partial charge >= 0.3 is 5.97 Å². The Kier molecular flexibility index (Phi) is 8.09. The number of benzene rings is 3. The van der Waals surface area contributed by atoms with Gasteiger partial charge in [-0.25, -0.2) is 8.42 Å². The highest BCUT2D eigenvalue weighted by Gasteiger charge is 2.28. The molecular formula is C27H25IN2O7S. The number of furan rings is 1. The minimum absolute atomic E-state index is 0.0332. The highest BCUT2D eigenvalue weighted by Crippen LogP contribution is 2.33. The molecule has 38 heavy (non-hydrogen) atoms. The molecule has 0 aliphatic carbocycles. The number of carboxylic acid groups (broad SMARTS) is 1. The number of halogens is 1. The van der Waals surface area contributed by atoms with Crippen LogP contribution in [0, 0.1) is 9.49 Å². The lowest BCUT2D eigenvalue weighted by Crippen LogP contribution is -2.44. The molecule has 0 saturated heterocycles. The third kappa shape index (κ3) is 5.84. The van der Waals surface area contributed by atoms with E-state index in [1.807, 2.05) is 6.07 Å². The van der Waals surface area contributed by atoms with Crippen molar-refractivity contribution in [1.82, 2.24) is 4.72 Å². The maximum Gasteiger partial charge on any atom is 0.322 e. The molecule has 1 heterocycles. The van der Waals surface area contributed by atoms with Crippen molar-refractivity contribution < 1.29 is 32.3 Å². The lowest BCUT2D eigenvalue weighted by atomic mass is 10.1. The Bertz CT molecular complexity index is 1600. The van der Waals surface area contributed by atoms with Crippen LogP contribution >= 0.6 is 22.6 Å². The number of hydrogen-bond donors (Lipinski definition) is 3. The fourth-order valence-corrected chi connectivity index (χ4v) is 5.88. The smallest absolute Gasteiger partial charge is 0.322 e. The second-order valence-electron chi connectivity index (χ2n) is 8.84. The molecule has 0 unspecified atom stereocenters. The van der Waals surface area contributed by atoms with Gasteiger partial charge < -0.3 is 19.6 Å². The second-order valence-corrected chi connectivity index (χ2v) is 11.7. The number of aliphatic carboxylic acids is 1. The Hall–Kier alpha value is -3.42. The van der Waals surface area contributed by atoms with Crippen molar-refractivity contribution in [3.63, 3.8) is 0 Å². The average Bonchev–Trinajstić information content (AvgIpc) is 3.32. The zero-order valence-corrected chi connectivity index (χ0v) is 23.7. The number of carbonyl (C=O) groups excluding carboxylic acids is 1. The van der Waals surface area contributed by atoms with Crippen LogP contribution in [0.1, 0.15) is 24.4 Å². The van der Waals surface area contributed by atoms with Crippen molar-refractivity contribution in [2.24, 2.45) is 5.92 Å². The minimum Gasteiger partial charge on any atom is -0.495 e. The van der Waals surface area contributed by atoms with Crippen LogP contribution in [0.5, 0.6) is 5.75 Å². The Labute approximate surface area is 233 Å². The molecule has 11 heteroatoms. The normalized spacial score (nSPS) is 12.4. The maximum absolute atomic E-state index is 12.8. The summed E-state index contributed by atoms with van der Waals surface area (Å²) in [6.07, 6.45) is 0. The van der Waals surface area contributed by atoms with Crippen LogP contribution in [-0.4, -0.2) is 38.6 Å². The third-order valence-corrected chi connectivity index (χ3v) is 8.19. The first-order chi connectivity index (χ1) is 18.0. The number of anilines is 1. The van der Waals surface area contributed by atoms with Crippen molar-refractivity contribution >= 4 is 61.1 Å². The summed E-state index contributed by atoms with van der Waals surface area (Å²) in [5, 5.41) is 12.8. The molecule has 3 N–H and O–H groups in total. The number of hydrogen-bond acceptors (Lipinski definition) is 6. The van der Waals surface area contributed by atoms with Crippen molar-refractivity contribution in [1.29, 1.82) is 0 Å². The van der Waals surface area contributed by atoms with Crippen LogP contribution in [0.3, 0.4) is 0 Å². The molecule has 0 aliphatic rings. The number of rotatable bonds is 9. The maximum atomic E-state index is 12.8. The van der Waals surface area contributed by atoms with Crippen LogP contribution in [-0.2, 0) is 14.8 Å². The third-order valence-electron chi connectivity index (χ3n) is 5.89.